The van der Waals surface area contributed by atoms with E-state index < -0.39 is 0 Å². The number of hydrogen-bond acceptors (Lipinski definition) is 2. The molecule has 0 atom stereocenters. The van der Waals surface area contributed by atoms with Gasteiger partial charge in [-0.1, -0.05) is 158 Å². The number of hydrogen-bond donors (Lipinski definition) is 0. The van der Waals surface area contributed by atoms with Crippen molar-refractivity contribution in [3.05, 3.63) is 193 Å². The molecule has 0 aliphatic rings. The van der Waals surface area contributed by atoms with E-state index in [-0.39, 0.29) is 0 Å². The van der Waals surface area contributed by atoms with Crippen molar-refractivity contribution in [1.29, 1.82) is 0 Å². The van der Waals surface area contributed by atoms with E-state index in [4.69, 9.17) is 9.41 Å². The monoisotopic (exact) mass is 740 g/mol. The molecular formula is C55H36N2O. The van der Waals surface area contributed by atoms with Crippen molar-refractivity contribution in [2.75, 3.05) is 0 Å². The molecule has 10 aromatic carbocycles. The maximum atomic E-state index is 7.25. The van der Waals surface area contributed by atoms with Crippen LogP contribution in [0.25, 0.3) is 103 Å². The van der Waals surface area contributed by atoms with Gasteiger partial charge in [-0.15, -0.1) is 0 Å². The topological polar surface area (TPSA) is 30.4 Å². The number of aromatic nitrogens is 1. The van der Waals surface area contributed by atoms with E-state index in [1.165, 1.54) is 43.1 Å². The van der Waals surface area contributed by atoms with E-state index in [1.807, 2.05) is 0 Å². The molecule has 3 nitrogen and oxygen atoms in total. The Labute approximate surface area is 334 Å². The molecule has 0 amide bonds. The third-order valence-electron chi connectivity index (χ3n) is 12.2. The molecular weight excluding hydrogens is 705 g/mol. The van der Waals surface area contributed by atoms with Gasteiger partial charge >= 0.3 is 0 Å². The fourth-order valence-electron chi connectivity index (χ4n) is 9.68. The Balaban J connectivity index is 1.28. The van der Waals surface area contributed by atoms with Crippen LogP contribution in [0.15, 0.2) is 191 Å². The van der Waals surface area contributed by atoms with Gasteiger partial charge in [-0.25, -0.2) is 4.99 Å². The quantitative estimate of drug-likeness (QED) is 0.101. The number of rotatable bonds is 3. The van der Waals surface area contributed by atoms with E-state index in [1.54, 1.807) is 0 Å². The normalized spacial score (nSPS) is 12.9. The van der Waals surface area contributed by atoms with Crippen molar-refractivity contribution in [3.8, 4) is 0 Å². The summed E-state index contributed by atoms with van der Waals surface area (Å²) in [5, 5.41) is 16.6. The van der Waals surface area contributed by atoms with Crippen LogP contribution in [-0.4, -0.2) is 10.4 Å². The van der Waals surface area contributed by atoms with Crippen molar-refractivity contribution < 1.29 is 4.42 Å². The van der Waals surface area contributed by atoms with Gasteiger partial charge in [-0.05, 0) is 97.7 Å². The molecule has 2 aromatic heterocycles. The maximum absolute atomic E-state index is 7.25. The Hall–Kier alpha value is -7.49. The Morgan fingerprint density at radius 3 is 1.72 bits per heavy atom. The van der Waals surface area contributed by atoms with Gasteiger partial charge in [0.1, 0.15) is 11.4 Å². The number of allylic oxidation sites excluding steroid dienone is 2. The first kappa shape index (κ1) is 32.7. The standard InChI is InChI=1S/C55H36N2O/c1-3-36(34-17-5-4-6-18-34)55(56-48-32-47-41-24-12-10-22-39(41)38-21-9-11-23-40(38)46(47)31-33(48)2)57-49-28-16-15-27-44(49)50-42-25-13-14-26-43(42)51-45-30-29-35-19-7-8-20-37(35)53(45)58-54(51)52(50)57/h3-32H,1-2H3/b36-3-,56-55?. The zero-order valence-electron chi connectivity index (χ0n) is 32.1. The first-order valence-electron chi connectivity index (χ1n) is 20.0. The fourth-order valence-corrected chi connectivity index (χ4v) is 9.68. The summed E-state index contributed by atoms with van der Waals surface area (Å²) in [7, 11) is 0. The number of aliphatic imine (C=N–C) groups is 1. The predicted molar refractivity (Wildman–Crippen MR) is 248 cm³/mol. The second kappa shape index (κ2) is 12.5. The molecule has 0 spiro atoms. The van der Waals surface area contributed by atoms with E-state index in [0.29, 0.717) is 0 Å². The van der Waals surface area contributed by atoms with Crippen molar-refractivity contribution in [2.24, 2.45) is 4.99 Å². The number of benzene rings is 10. The molecule has 0 fully saturated rings. The van der Waals surface area contributed by atoms with Gasteiger partial charge < -0.3 is 4.42 Å². The van der Waals surface area contributed by atoms with Crippen LogP contribution in [0.1, 0.15) is 18.1 Å². The average Bonchev–Trinajstić information content (AvgIpc) is 3.85. The first-order chi connectivity index (χ1) is 28.7. The van der Waals surface area contributed by atoms with Crippen LogP contribution >= 0.6 is 0 Å². The third kappa shape index (κ3) is 4.59. The Kier molecular flexibility index (Phi) is 7.06. The second-order valence-corrected chi connectivity index (χ2v) is 15.4. The summed E-state index contributed by atoms with van der Waals surface area (Å²) in [5.74, 6) is 0.842. The molecule has 0 saturated heterocycles. The molecule has 0 aliphatic carbocycles. The molecule has 3 heteroatoms. The van der Waals surface area contributed by atoms with Crippen molar-refractivity contribution >= 4 is 115 Å². The van der Waals surface area contributed by atoms with Crippen LogP contribution in [0, 0.1) is 6.92 Å². The molecule has 0 radical (unpaired) electrons. The van der Waals surface area contributed by atoms with Gasteiger partial charge in [-0.2, -0.15) is 0 Å². The van der Waals surface area contributed by atoms with Crippen LogP contribution in [0.2, 0.25) is 0 Å². The summed E-state index contributed by atoms with van der Waals surface area (Å²) < 4.78 is 9.64. The zero-order valence-corrected chi connectivity index (χ0v) is 32.1. The average molecular weight is 741 g/mol. The minimum atomic E-state index is 0.842. The van der Waals surface area contributed by atoms with Gasteiger partial charge in [-0.3, -0.25) is 4.57 Å². The molecule has 272 valence electrons. The van der Waals surface area contributed by atoms with Crippen LogP contribution in [0.3, 0.4) is 0 Å². The minimum Gasteiger partial charge on any atom is -0.453 e. The molecule has 2 heterocycles. The van der Waals surface area contributed by atoms with Gasteiger partial charge in [0.2, 0.25) is 0 Å². The van der Waals surface area contributed by atoms with Crippen LogP contribution in [-0.2, 0) is 0 Å². The summed E-state index contributed by atoms with van der Waals surface area (Å²) in [6.07, 6.45) is 2.21. The number of fused-ring (bicyclic) bond motifs is 18. The lowest BCUT2D eigenvalue weighted by Crippen LogP contribution is -2.14. The Morgan fingerprint density at radius 2 is 1.03 bits per heavy atom. The molecule has 0 unspecified atom stereocenters. The SMILES string of the molecule is C/C=C(\C(=Nc1cc2c3ccccc3c3ccccc3c2cc1C)n1c2ccccc2c2c3ccccc3c3c4ccc5ccccc5c4oc3c21)c1ccccc1. The predicted octanol–water partition coefficient (Wildman–Crippen LogP) is 15.5. The molecule has 0 bridgehead atoms. The molecule has 0 aliphatic heterocycles. The highest BCUT2D eigenvalue weighted by molar-refractivity contribution is 6.40. The minimum absolute atomic E-state index is 0.842. The van der Waals surface area contributed by atoms with Gasteiger partial charge in [0.05, 0.1) is 16.7 Å². The number of para-hydroxylation sites is 1. The summed E-state index contributed by atoms with van der Waals surface area (Å²) in [6, 6.07) is 63.4. The van der Waals surface area contributed by atoms with E-state index in [0.717, 1.165) is 82.7 Å². The highest BCUT2D eigenvalue weighted by atomic mass is 16.3. The van der Waals surface area contributed by atoms with Crippen LogP contribution < -0.4 is 0 Å². The molecule has 58 heavy (non-hydrogen) atoms. The molecule has 0 saturated carbocycles. The molecule has 12 rings (SSSR count). The highest BCUT2D eigenvalue weighted by Crippen LogP contribution is 2.47. The van der Waals surface area contributed by atoms with E-state index in [9.17, 15) is 0 Å². The lowest BCUT2D eigenvalue weighted by molar-refractivity contribution is 0.675. The van der Waals surface area contributed by atoms with Crippen LogP contribution in [0.4, 0.5) is 5.69 Å². The van der Waals surface area contributed by atoms with Crippen molar-refractivity contribution in [1.82, 2.24) is 4.57 Å². The smallest absolute Gasteiger partial charge is 0.160 e. The van der Waals surface area contributed by atoms with E-state index in [2.05, 4.69) is 200 Å². The zero-order chi connectivity index (χ0) is 38.5. The van der Waals surface area contributed by atoms with E-state index >= 15 is 0 Å². The number of furan rings is 1. The van der Waals surface area contributed by atoms with Crippen molar-refractivity contribution in [3.63, 3.8) is 0 Å². The number of nitrogens with zero attached hydrogens (tertiary/aromatic N) is 2. The summed E-state index contributed by atoms with van der Waals surface area (Å²) in [6.45, 7) is 4.32. The lowest BCUT2D eigenvalue weighted by atomic mass is 9.93. The summed E-state index contributed by atoms with van der Waals surface area (Å²) in [4.78, 5) is 5.85. The lowest BCUT2D eigenvalue weighted by Gasteiger charge is -2.18. The Bertz CT molecular complexity index is 3750. The summed E-state index contributed by atoms with van der Waals surface area (Å²) >= 11 is 0. The molecule has 0 N–H and O–H groups in total. The van der Waals surface area contributed by atoms with Crippen LogP contribution in [0.5, 0.6) is 0 Å². The van der Waals surface area contributed by atoms with Gasteiger partial charge in [0.15, 0.2) is 5.58 Å². The van der Waals surface area contributed by atoms with Gasteiger partial charge in [0, 0.05) is 32.5 Å². The third-order valence-corrected chi connectivity index (χ3v) is 12.2. The fraction of sp³-hybridized carbons (Fsp3) is 0.0364. The van der Waals surface area contributed by atoms with Gasteiger partial charge in [0.25, 0.3) is 0 Å². The maximum Gasteiger partial charge on any atom is 0.160 e. The molecule has 12 aromatic rings. The largest absolute Gasteiger partial charge is 0.453 e. The number of aryl methyl sites for hydroxylation is 1. The summed E-state index contributed by atoms with van der Waals surface area (Å²) in [5.41, 5.74) is 8.02. The Morgan fingerprint density at radius 1 is 0.483 bits per heavy atom. The highest BCUT2D eigenvalue weighted by Gasteiger charge is 2.26. The van der Waals surface area contributed by atoms with Crippen molar-refractivity contribution in [2.45, 2.75) is 13.8 Å². The second-order valence-electron chi connectivity index (χ2n) is 15.4. The first-order valence-corrected chi connectivity index (χ1v) is 20.0.